The van der Waals surface area contributed by atoms with Crippen molar-refractivity contribution in [2.24, 2.45) is 65.1 Å². The van der Waals surface area contributed by atoms with Crippen molar-refractivity contribution < 1.29 is 0 Å². The van der Waals surface area contributed by atoms with Crippen LogP contribution in [0.4, 0.5) is 0 Å². The second kappa shape index (κ2) is 28.4. The van der Waals surface area contributed by atoms with E-state index in [0.29, 0.717) is 0 Å². The molecule has 4 aliphatic rings. The molecule has 4 rings (SSSR count). The van der Waals surface area contributed by atoms with Crippen LogP contribution in [0, 0.1) is 65.1 Å². The summed E-state index contributed by atoms with van der Waals surface area (Å²) in [6, 6.07) is 0. The summed E-state index contributed by atoms with van der Waals surface area (Å²) >= 11 is 0. The first kappa shape index (κ1) is 46.7. The van der Waals surface area contributed by atoms with Crippen molar-refractivity contribution in [1.82, 2.24) is 0 Å². The summed E-state index contributed by atoms with van der Waals surface area (Å²) in [4.78, 5) is 0. The molecule has 0 aromatic carbocycles. The highest BCUT2D eigenvalue weighted by Gasteiger charge is 2.57. The molecule has 11 atom stereocenters. The third kappa shape index (κ3) is 15.6. The molecule has 54 heavy (non-hydrogen) atoms. The number of hydrogen-bond acceptors (Lipinski definition) is 0. The summed E-state index contributed by atoms with van der Waals surface area (Å²) in [7, 11) is 0. The first-order chi connectivity index (χ1) is 26.6. The van der Waals surface area contributed by atoms with Gasteiger partial charge in [0, 0.05) is 0 Å². The van der Waals surface area contributed by atoms with Crippen LogP contribution >= 0.6 is 0 Å². The van der Waals surface area contributed by atoms with Gasteiger partial charge >= 0.3 is 0 Å². The summed E-state index contributed by atoms with van der Waals surface area (Å²) in [5.74, 6) is 11.8. The smallest absolute Gasteiger partial charge is 0.0323 e. The van der Waals surface area contributed by atoms with Crippen LogP contribution in [0.5, 0.6) is 0 Å². The normalized spacial score (nSPS) is 31.3. The molecule has 4 aliphatic carbocycles. The maximum Gasteiger partial charge on any atom is -0.0323 e. The Hall–Kier alpha value is 0. The predicted molar refractivity (Wildman–Crippen MR) is 242 cm³/mol. The Kier molecular flexibility index (Phi) is 24.6. The third-order valence-electron chi connectivity index (χ3n) is 17.1. The second-order valence-electron chi connectivity index (χ2n) is 21.1. The molecule has 0 N–H and O–H groups in total. The minimum absolute atomic E-state index is 0.972. The molecule has 0 spiro atoms. The fourth-order valence-electron chi connectivity index (χ4n) is 14.3. The van der Waals surface area contributed by atoms with Crippen molar-refractivity contribution in [2.75, 3.05) is 0 Å². The minimum Gasteiger partial charge on any atom is -0.0654 e. The molecule has 0 saturated heterocycles. The van der Waals surface area contributed by atoms with E-state index in [1.165, 1.54) is 180 Å². The van der Waals surface area contributed by atoms with Crippen molar-refractivity contribution in [1.29, 1.82) is 0 Å². The lowest BCUT2D eigenvalue weighted by molar-refractivity contribution is -0.0983. The van der Waals surface area contributed by atoms with Gasteiger partial charge in [-0.05, 0) is 104 Å². The molecule has 0 radical (unpaired) electrons. The third-order valence-corrected chi connectivity index (χ3v) is 17.1. The van der Waals surface area contributed by atoms with E-state index in [1.807, 2.05) is 0 Å². The SMILES string of the molecule is CCCCCCCCCCCCCCCCCCCCC(C)C1CCC2C1C(CCCCC)CC1C3CCC(CCCCC)CC3CC(CCCCC)C12. The van der Waals surface area contributed by atoms with Gasteiger partial charge in [-0.15, -0.1) is 0 Å². The molecule has 318 valence electrons. The molecular weight excluding hydrogens is 649 g/mol. The number of rotatable bonds is 32. The Labute approximate surface area is 342 Å². The molecule has 0 aromatic heterocycles. The number of unbranched alkanes of at least 4 members (excludes halogenated alkanes) is 23. The van der Waals surface area contributed by atoms with E-state index >= 15 is 0 Å². The fraction of sp³-hybridized carbons (Fsp3) is 1.00. The van der Waals surface area contributed by atoms with Crippen LogP contribution < -0.4 is 0 Å². The van der Waals surface area contributed by atoms with Gasteiger partial charge < -0.3 is 0 Å². The average Bonchev–Trinajstić information content (AvgIpc) is 3.63. The Balaban J connectivity index is 1.20. The van der Waals surface area contributed by atoms with E-state index in [2.05, 4.69) is 34.6 Å². The maximum atomic E-state index is 2.74. The molecule has 0 aliphatic heterocycles. The molecule has 0 nitrogen and oxygen atoms in total. The van der Waals surface area contributed by atoms with Crippen LogP contribution in [0.3, 0.4) is 0 Å². The topological polar surface area (TPSA) is 0 Å². The van der Waals surface area contributed by atoms with E-state index in [4.69, 9.17) is 0 Å². The predicted octanol–water partition coefficient (Wildman–Crippen LogP) is 18.7. The maximum absolute atomic E-state index is 2.74. The van der Waals surface area contributed by atoms with Gasteiger partial charge in [-0.2, -0.15) is 0 Å². The Morgan fingerprint density at radius 1 is 0.370 bits per heavy atom. The zero-order chi connectivity index (χ0) is 38.2. The Bertz CT molecular complexity index is 873. The van der Waals surface area contributed by atoms with Crippen molar-refractivity contribution >= 4 is 0 Å². The van der Waals surface area contributed by atoms with Crippen molar-refractivity contribution in [3.05, 3.63) is 0 Å². The molecule has 0 bridgehead atoms. The van der Waals surface area contributed by atoms with Crippen molar-refractivity contribution in [3.8, 4) is 0 Å². The standard InChI is InChI=1S/C54H102/c1-6-10-14-15-16-17-18-19-20-21-22-23-24-25-26-27-28-32-33-44(5)49-39-40-51-53(49)47(36-31-13-9-4)43-52-50-38-37-45(34-29-11-7-2)41-48(50)42-46(54(51)52)35-30-12-8-3/h44-54H,6-43H2,1-5H3. The van der Waals surface area contributed by atoms with Gasteiger partial charge in [0.05, 0.1) is 0 Å². The molecule has 11 unspecified atom stereocenters. The van der Waals surface area contributed by atoms with Gasteiger partial charge in [-0.3, -0.25) is 0 Å². The summed E-state index contributed by atoms with van der Waals surface area (Å²) in [5.41, 5.74) is 0. The van der Waals surface area contributed by atoms with Crippen LogP contribution in [-0.4, -0.2) is 0 Å². The quantitative estimate of drug-likeness (QED) is 0.0601. The summed E-state index contributed by atoms with van der Waals surface area (Å²) in [6.07, 6.45) is 57.5. The highest BCUT2D eigenvalue weighted by Crippen LogP contribution is 2.65. The van der Waals surface area contributed by atoms with Crippen LogP contribution in [0.25, 0.3) is 0 Å². The van der Waals surface area contributed by atoms with Gasteiger partial charge in [0.25, 0.3) is 0 Å². The van der Waals surface area contributed by atoms with Gasteiger partial charge in [-0.25, -0.2) is 0 Å². The fourth-order valence-corrected chi connectivity index (χ4v) is 14.3. The van der Waals surface area contributed by atoms with Gasteiger partial charge in [-0.1, -0.05) is 240 Å². The lowest BCUT2D eigenvalue weighted by Gasteiger charge is -2.59. The van der Waals surface area contributed by atoms with E-state index in [-0.39, 0.29) is 0 Å². The molecule has 0 heteroatoms. The zero-order valence-corrected chi connectivity index (χ0v) is 38.2. The number of fused-ring (bicyclic) bond motifs is 5. The summed E-state index contributed by atoms with van der Waals surface area (Å²) < 4.78 is 0. The van der Waals surface area contributed by atoms with Gasteiger partial charge in [0.1, 0.15) is 0 Å². The van der Waals surface area contributed by atoms with Crippen molar-refractivity contribution in [3.63, 3.8) is 0 Å². The number of hydrogen-bond donors (Lipinski definition) is 0. The van der Waals surface area contributed by atoms with E-state index < -0.39 is 0 Å². The Morgan fingerprint density at radius 2 is 0.815 bits per heavy atom. The van der Waals surface area contributed by atoms with Crippen LogP contribution in [0.15, 0.2) is 0 Å². The van der Waals surface area contributed by atoms with Gasteiger partial charge in [0.15, 0.2) is 0 Å². The molecule has 0 aromatic rings. The average molecular weight is 751 g/mol. The molecular formula is C54H102. The Morgan fingerprint density at radius 3 is 1.35 bits per heavy atom. The lowest BCUT2D eigenvalue weighted by atomic mass is 9.46. The largest absolute Gasteiger partial charge is 0.0654 e. The monoisotopic (exact) mass is 751 g/mol. The van der Waals surface area contributed by atoms with E-state index in [9.17, 15) is 0 Å². The first-order valence-corrected chi connectivity index (χ1v) is 26.6. The minimum atomic E-state index is 0.972. The van der Waals surface area contributed by atoms with E-state index in [0.717, 1.165) is 65.1 Å². The van der Waals surface area contributed by atoms with Crippen molar-refractivity contribution in [2.45, 2.75) is 279 Å². The molecule has 4 saturated carbocycles. The summed E-state index contributed by atoms with van der Waals surface area (Å²) in [5, 5.41) is 0. The summed E-state index contributed by atoms with van der Waals surface area (Å²) in [6.45, 7) is 12.3. The highest BCUT2D eigenvalue weighted by atomic mass is 14.6. The van der Waals surface area contributed by atoms with Crippen LogP contribution in [-0.2, 0) is 0 Å². The highest BCUT2D eigenvalue weighted by molar-refractivity contribution is 5.06. The second-order valence-corrected chi connectivity index (χ2v) is 21.1. The lowest BCUT2D eigenvalue weighted by Crippen LogP contribution is -2.52. The molecule has 0 heterocycles. The van der Waals surface area contributed by atoms with E-state index in [1.54, 1.807) is 64.2 Å². The van der Waals surface area contributed by atoms with Crippen LogP contribution in [0.1, 0.15) is 279 Å². The molecule has 0 amide bonds. The van der Waals surface area contributed by atoms with Crippen LogP contribution in [0.2, 0.25) is 0 Å². The molecule has 4 fully saturated rings. The first-order valence-electron chi connectivity index (χ1n) is 26.6. The van der Waals surface area contributed by atoms with Gasteiger partial charge in [0.2, 0.25) is 0 Å². The zero-order valence-electron chi connectivity index (χ0n) is 38.2.